The zero-order valence-corrected chi connectivity index (χ0v) is 24.6. The SMILES string of the molecule is COCCCn1nccc1Nc1nccc(-c2cc(C#N)c3c(c2)C(C)(CO[Si](C)(C)C(C)(C)C)CN3)n1. The number of ether oxygens (including phenoxy) is 1. The van der Waals surface area contributed by atoms with E-state index in [-0.39, 0.29) is 10.5 Å². The van der Waals surface area contributed by atoms with Gasteiger partial charge >= 0.3 is 0 Å². The molecule has 0 fully saturated rings. The van der Waals surface area contributed by atoms with E-state index in [0.717, 1.165) is 47.8 Å². The molecule has 1 atom stereocenters. The molecular weight excluding hydrogens is 494 g/mol. The molecule has 3 heterocycles. The summed E-state index contributed by atoms with van der Waals surface area (Å²) < 4.78 is 13.7. The van der Waals surface area contributed by atoms with Crippen LogP contribution in [0.5, 0.6) is 0 Å². The summed E-state index contributed by atoms with van der Waals surface area (Å²) in [5.74, 6) is 1.28. The van der Waals surface area contributed by atoms with Crippen LogP contribution in [-0.2, 0) is 21.1 Å². The molecular formula is C28H39N7O2Si. The topological polar surface area (TPSA) is 110 Å². The first-order valence-electron chi connectivity index (χ1n) is 13.0. The first kappa shape index (κ1) is 27.8. The van der Waals surface area contributed by atoms with Gasteiger partial charge in [-0.25, -0.2) is 14.6 Å². The molecule has 4 rings (SSSR count). The number of nitrogens with zero attached hydrogens (tertiary/aromatic N) is 5. The lowest BCUT2D eigenvalue weighted by atomic mass is 9.83. The standard InChI is InChI=1S/C28H39N7O2Si/c1-27(2,3)38(6,7)37-19-28(4)18-31-25-21(17-29)15-20(16-22(25)28)23-9-11-30-26(33-23)34-24-10-12-32-35(24)13-8-14-36-5/h9-12,15-16,31H,8,13-14,18-19H2,1-7H3,(H,30,33,34). The monoisotopic (exact) mass is 533 g/mol. The number of aryl methyl sites for hydroxylation is 1. The lowest BCUT2D eigenvalue weighted by Gasteiger charge is -2.39. The van der Waals surface area contributed by atoms with Crippen molar-refractivity contribution in [3.63, 3.8) is 0 Å². The third kappa shape index (κ3) is 5.75. The van der Waals surface area contributed by atoms with E-state index in [9.17, 15) is 5.26 Å². The molecule has 0 saturated heterocycles. The second-order valence-electron chi connectivity index (χ2n) is 11.7. The van der Waals surface area contributed by atoms with E-state index in [4.69, 9.17) is 14.1 Å². The summed E-state index contributed by atoms with van der Waals surface area (Å²) in [5.41, 5.74) is 3.96. The molecule has 0 aliphatic carbocycles. The average molecular weight is 534 g/mol. The maximum Gasteiger partial charge on any atom is 0.228 e. The van der Waals surface area contributed by atoms with Crippen molar-refractivity contribution in [1.29, 1.82) is 5.26 Å². The van der Waals surface area contributed by atoms with E-state index in [1.807, 2.05) is 22.9 Å². The number of nitrogens with one attached hydrogen (secondary N) is 2. The van der Waals surface area contributed by atoms with Crippen molar-refractivity contribution >= 4 is 25.8 Å². The van der Waals surface area contributed by atoms with Crippen molar-refractivity contribution in [2.45, 2.75) is 64.2 Å². The predicted octanol–water partition coefficient (Wildman–Crippen LogP) is 5.70. The Morgan fingerprint density at radius 3 is 2.74 bits per heavy atom. The fourth-order valence-electron chi connectivity index (χ4n) is 4.28. The van der Waals surface area contributed by atoms with Crippen molar-refractivity contribution in [1.82, 2.24) is 19.7 Å². The van der Waals surface area contributed by atoms with Crippen LogP contribution in [0.15, 0.2) is 36.7 Å². The smallest absolute Gasteiger partial charge is 0.228 e. The molecule has 0 bridgehead atoms. The molecule has 1 aliphatic rings. The molecule has 0 spiro atoms. The highest BCUT2D eigenvalue weighted by molar-refractivity contribution is 6.74. The van der Waals surface area contributed by atoms with Gasteiger partial charge in [0.2, 0.25) is 5.95 Å². The van der Waals surface area contributed by atoms with Crippen molar-refractivity contribution in [2.24, 2.45) is 0 Å². The lowest BCUT2D eigenvalue weighted by Crippen LogP contribution is -2.45. The molecule has 2 aromatic heterocycles. The second-order valence-corrected chi connectivity index (χ2v) is 16.5. The van der Waals surface area contributed by atoms with Crippen molar-refractivity contribution in [3.05, 3.63) is 47.8 Å². The molecule has 1 aromatic carbocycles. The van der Waals surface area contributed by atoms with Crippen LogP contribution in [-0.4, -0.2) is 54.9 Å². The number of hydrogen-bond acceptors (Lipinski definition) is 8. The van der Waals surface area contributed by atoms with Crippen molar-refractivity contribution < 1.29 is 9.16 Å². The molecule has 9 nitrogen and oxygen atoms in total. The minimum atomic E-state index is -1.93. The number of hydrogen-bond donors (Lipinski definition) is 2. The van der Waals surface area contributed by atoms with Gasteiger partial charge in [-0.2, -0.15) is 10.4 Å². The van der Waals surface area contributed by atoms with Gasteiger partial charge in [-0.15, -0.1) is 0 Å². The van der Waals surface area contributed by atoms with Gasteiger partial charge in [0.1, 0.15) is 11.9 Å². The molecule has 3 aromatic rings. The van der Waals surface area contributed by atoms with Crippen LogP contribution in [0.3, 0.4) is 0 Å². The number of aromatic nitrogens is 4. The van der Waals surface area contributed by atoms with Crippen LogP contribution in [0, 0.1) is 11.3 Å². The Kier molecular flexibility index (Phi) is 7.92. The Morgan fingerprint density at radius 1 is 1.24 bits per heavy atom. The van der Waals surface area contributed by atoms with Gasteiger partial charge in [-0.05, 0) is 48.3 Å². The van der Waals surface area contributed by atoms with Crippen molar-refractivity contribution in [2.75, 3.05) is 37.5 Å². The molecule has 10 heteroatoms. The van der Waals surface area contributed by atoms with Crippen LogP contribution >= 0.6 is 0 Å². The third-order valence-electron chi connectivity index (χ3n) is 7.75. The molecule has 1 unspecified atom stereocenters. The van der Waals surface area contributed by atoms with Crippen LogP contribution in [0.2, 0.25) is 18.1 Å². The molecule has 0 saturated carbocycles. The fraction of sp³-hybridized carbons (Fsp3) is 0.500. The van der Waals surface area contributed by atoms with E-state index >= 15 is 0 Å². The number of rotatable bonds is 10. The minimum absolute atomic E-state index is 0.126. The quantitative estimate of drug-likeness (QED) is 0.252. The molecule has 1 aliphatic heterocycles. The Hall–Kier alpha value is -3.26. The van der Waals surface area contributed by atoms with Gasteiger partial charge < -0.3 is 19.8 Å². The summed E-state index contributed by atoms with van der Waals surface area (Å²) in [4.78, 5) is 9.20. The summed E-state index contributed by atoms with van der Waals surface area (Å²) in [5, 5.41) is 21.2. The van der Waals surface area contributed by atoms with E-state index in [0.29, 0.717) is 24.7 Å². The van der Waals surface area contributed by atoms with Crippen molar-refractivity contribution in [3.8, 4) is 17.3 Å². The summed E-state index contributed by atoms with van der Waals surface area (Å²) in [7, 11) is -0.237. The molecule has 38 heavy (non-hydrogen) atoms. The first-order chi connectivity index (χ1) is 18.0. The Bertz CT molecular complexity index is 1330. The highest BCUT2D eigenvalue weighted by atomic mass is 28.4. The fourth-order valence-corrected chi connectivity index (χ4v) is 5.39. The summed E-state index contributed by atoms with van der Waals surface area (Å²) in [6.07, 6.45) is 4.33. The van der Waals surface area contributed by atoms with Gasteiger partial charge in [0, 0.05) is 56.7 Å². The Labute approximate surface area is 226 Å². The second kappa shape index (κ2) is 10.8. The highest BCUT2D eigenvalue weighted by Crippen LogP contribution is 2.44. The summed E-state index contributed by atoms with van der Waals surface area (Å²) in [6.45, 7) is 16.2. The van der Waals surface area contributed by atoms with Crippen LogP contribution in [0.25, 0.3) is 11.3 Å². The number of benzene rings is 1. The van der Waals surface area contributed by atoms with E-state index < -0.39 is 8.32 Å². The minimum Gasteiger partial charge on any atom is -0.416 e. The zero-order valence-electron chi connectivity index (χ0n) is 23.6. The molecule has 202 valence electrons. The summed E-state index contributed by atoms with van der Waals surface area (Å²) in [6, 6.07) is 10.2. The Morgan fingerprint density at radius 2 is 2.03 bits per heavy atom. The van der Waals surface area contributed by atoms with Gasteiger partial charge in [0.25, 0.3) is 0 Å². The molecule has 2 N–H and O–H groups in total. The maximum atomic E-state index is 9.98. The summed E-state index contributed by atoms with van der Waals surface area (Å²) >= 11 is 0. The predicted molar refractivity (Wildman–Crippen MR) is 153 cm³/mol. The molecule has 0 amide bonds. The van der Waals surface area contributed by atoms with Gasteiger partial charge in [0.05, 0.1) is 23.1 Å². The first-order valence-corrected chi connectivity index (χ1v) is 16.0. The van der Waals surface area contributed by atoms with Crippen LogP contribution in [0.4, 0.5) is 17.5 Å². The Balaban J connectivity index is 1.62. The maximum absolute atomic E-state index is 9.98. The largest absolute Gasteiger partial charge is 0.416 e. The zero-order chi connectivity index (χ0) is 27.6. The van der Waals surface area contributed by atoms with E-state index in [1.54, 1.807) is 19.5 Å². The van der Waals surface area contributed by atoms with Gasteiger partial charge in [-0.3, -0.25) is 0 Å². The number of methoxy groups -OCH3 is 1. The number of nitriles is 1. The van der Waals surface area contributed by atoms with E-state index in [2.05, 4.69) is 73.6 Å². The lowest BCUT2D eigenvalue weighted by molar-refractivity contribution is 0.189. The van der Waals surface area contributed by atoms with Crippen LogP contribution < -0.4 is 10.6 Å². The van der Waals surface area contributed by atoms with Gasteiger partial charge in [-0.1, -0.05) is 27.7 Å². The third-order valence-corrected chi connectivity index (χ3v) is 12.2. The van der Waals surface area contributed by atoms with Gasteiger partial charge in [0.15, 0.2) is 8.32 Å². The van der Waals surface area contributed by atoms with E-state index in [1.165, 1.54) is 0 Å². The highest BCUT2D eigenvalue weighted by Gasteiger charge is 2.42. The molecule has 0 radical (unpaired) electrons. The normalized spacial score (nSPS) is 17.1. The van der Waals surface area contributed by atoms with Crippen LogP contribution in [0.1, 0.15) is 45.2 Å². The average Bonchev–Trinajstić information content (AvgIpc) is 3.46. The number of anilines is 3. The number of fused-ring (bicyclic) bond motifs is 1.